The number of rotatable bonds is 3. The molecule has 0 spiro atoms. The second-order valence-electron chi connectivity index (χ2n) is 5.77. The van der Waals surface area contributed by atoms with E-state index in [0.717, 1.165) is 45.5 Å². The molecule has 16 heavy (non-hydrogen) atoms. The molecule has 4 nitrogen and oxygen atoms in total. The fourth-order valence-corrected chi connectivity index (χ4v) is 2.88. The van der Waals surface area contributed by atoms with Gasteiger partial charge in [0.25, 0.3) is 0 Å². The molecule has 2 atom stereocenters. The van der Waals surface area contributed by atoms with E-state index in [9.17, 15) is 10.2 Å². The predicted molar refractivity (Wildman–Crippen MR) is 61.3 cm³/mol. The summed E-state index contributed by atoms with van der Waals surface area (Å²) >= 11 is 0. The predicted octanol–water partition coefficient (Wildman–Crippen LogP) is 0.232. The van der Waals surface area contributed by atoms with Gasteiger partial charge in [-0.05, 0) is 32.7 Å². The van der Waals surface area contributed by atoms with Crippen molar-refractivity contribution in [2.75, 3.05) is 39.5 Å². The third-order valence-corrected chi connectivity index (χ3v) is 3.83. The summed E-state index contributed by atoms with van der Waals surface area (Å²) in [4.78, 5) is 2.27. The lowest BCUT2D eigenvalue weighted by molar-refractivity contribution is -0.0368. The maximum absolute atomic E-state index is 10.0. The molecule has 0 amide bonds. The molecule has 2 fully saturated rings. The second kappa shape index (κ2) is 4.61. The number of nitrogens with zero attached hydrogens (tertiary/aromatic N) is 1. The zero-order valence-corrected chi connectivity index (χ0v) is 10.1. The Morgan fingerprint density at radius 2 is 2.19 bits per heavy atom. The number of β-amino-alcohol motifs (C(OH)–C–C–N with tert-alkyl or cyclic N) is 1. The van der Waals surface area contributed by atoms with Crippen molar-refractivity contribution in [1.29, 1.82) is 0 Å². The molecule has 2 heterocycles. The summed E-state index contributed by atoms with van der Waals surface area (Å²) in [7, 11) is 0. The van der Waals surface area contributed by atoms with E-state index in [4.69, 9.17) is 4.74 Å². The average molecular weight is 229 g/mol. The van der Waals surface area contributed by atoms with Crippen LogP contribution in [0.15, 0.2) is 0 Å². The maximum Gasteiger partial charge on any atom is 0.0746 e. The first-order valence-corrected chi connectivity index (χ1v) is 6.19. The van der Waals surface area contributed by atoms with Crippen LogP contribution in [0.3, 0.4) is 0 Å². The highest BCUT2D eigenvalue weighted by atomic mass is 16.5. The first-order chi connectivity index (χ1) is 7.55. The first kappa shape index (κ1) is 12.3. The third-order valence-electron chi connectivity index (χ3n) is 3.83. The van der Waals surface area contributed by atoms with Gasteiger partial charge < -0.3 is 14.9 Å². The van der Waals surface area contributed by atoms with Gasteiger partial charge in [0.05, 0.1) is 18.8 Å². The Labute approximate surface area is 97.2 Å². The normalized spacial score (nSPS) is 41.4. The van der Waals surface area contributed by atoms with Gasteiger partial charge in [0, 0.05) is 25.1 Å². The maximum atomic E-state index is 10.0. The second-order valence-corrected chi connectivity index (χ2v) is 5.77. The molecular formula is C12H23NO3. The molecule has 94 valence electrons. The Balaban J connectivity index is 1.93. The van der Waals surface area contributed by atoms with Crippen molar-refractivity contribution in [2.45, 2.75) is 31.8 Å². The van der Waals surface area contributed by atoms with Gasteiger partial charge in [0.15, 0.2) is 0 Å². The summed E-state index contributed by atoms with van der Waals surface area (Å²) in [6.07, 6.45) is 2.85. The molecule has 4 heteroatoms. The third kappa shape index (κ3) is 2.74. The summed E-state index contributed by atoms with van der Waals surface area (Å²) in [6.45, 7) is 6.08. The number of piperidine rings is 1. The molecule has 0 bridgehead atoms. The Morgan fingerprint density at radius 1 is 1.38 bits per heavy atom. The van der Waals surface area contributed by atoms with Crippen LogP contribution in [0.25, 0.3) is 0 Å². The van der Waals surface area contributed by atoms with Crippen molar-refractivity contribution in [3.8, 4) is 0 Å². The highest BCUT2D eigenvalue weighted by Gasteiger charge is 2.38. The SMILES string of the molecule is CC1(O)CCCN(CC2(CO)CCOC2)C1. The summed E-state index contributed by atoms with van der Waals surface area (Å²) in [5.74, 6) is 0. The lowest BCUT2D eigenvalue weighted by Gasteiger charge is -2.40. The lowest BCUT2D eigenvalue weighted by Crippen LogP contribution is -2.50. The number of aliphatic hydroxyl groups excluding tert-OH is 1. The summed E-state index contributed by atoms with van der Waals surface area (Å²) < 4.78 is 5.40. The van der Waals surface area contributed by atoms with E-state index in [2.05, 4.69) is 4.90 Å². The molecule has 0 radical (unpaired) electrons. The molecule has 2 saturated heterocycles. The minimum Gasteiger partial charge on any atom is -0.396 e. The Bertz CT molecular complexity index is 236. The Morgan fingerprint density at radius 3 is 2.75 bits per heavy atom. The molecular weight excluding hydrogens is 206 g/mol. The Kier molecular flexibility index (Phi) is 3.54. The fraction of sp³-hybridized carbons (Fsp3) is 1.00. The number of aliphatic hydroxyl groups is 2. The summed E-state index contributed by atoms with van der Waals surface area (Å²) in [5.41, 5.74) is -0.651. The monoisotopic (exact) mass is 229 g/mol. The van der Waals surface area contributed by atoms with Crippen molar-refractivity contribution < 1.29 is 14.9 Å². The van der Waals surface area contributed by atoms with Crippen LogP contribution in [0.5, 0.6) is 0 Å². The van der Waals surface area contributed by atoms with E-state index < -0.39 is 5.60 Å². The van der Waals surface area contributed by atoms with Gasteiger partial charge in [-0.15, -0.1) is 0 Å². The van der Waals surface area contributed by atoms with Crippen LogP contribution in [-0.2, 0) is 4.74 Å². The molecule has 2 unspecified atom stereocenters. The van der Waals surface area contributed by atoms with Gasteiger partial charge in [-0.2, -0.15) is 0 Å². The number of ether oxygens (including phenoxy) is 1. The van der Waals surface area contributed by atoms with Crippen LogP contribution >= 0.6 is 0 Å². The van der Waals surface area contributed by atoms with E-state index in [1.54, 1.807) is 0 Å². The smallest absolute Gasteiger partial charge is 0.0746 e. The van der Waals surface area contributed by atoms with Crippen molar-refractivity contribution >= 4 is 0 Å². The lowest BCUT2D eigenvalue weighted by atomic mass is 9.86. The van der Waals surface area contributed by atoms with Gasteiger partial charge in [0.2, 0.25) is 0 Å². The van der Waals surface area contributed by atoms with Gasteiger partial charge in [-0.1, -0.05) is 0 Å². The van der Waals surface area contributed by atoms with Crippen molar-refractivity contribution in [2.24, 2.45) is 5.41 Å². The topological polar surface area (TPSA) is 52.9 Å². The fourth-order valence-electron chi connectivity index (χ4n) is 2.88. The van der Waals surface area contributed by atoms with E-state index >= 15 is 0 Å². The van der Waals surface area contributed by atoms with Crippen molar-refractivity contribution in [3.05, 3.63) is 0 Å². The zero-order valence-electron chi connectivity index (χ0n) is 10.1. The minimum absolute atomic E-state index is 0.0899. The highest BCUT2D eigenvalue weighted by Crippen LogP contribution is 2.31. The largest absolute Gasteiger partial charge is 0.396 e. The highest BCUT2D eigenvalue weighted by molar-refractivity contribution is 4.90. The van der Waals surface area contributed by atoms with Gasteiger partial charge in [0.1, 0.15) is 0 Å². The van der Waals surface area contributed by atoms with Crippen molar-refractivity contribution in [1.82, 2.24) is 4.90 Å². The van der Waals surface area contributed by atoms with Crippen LogP contribution in [-0.4, -0.2) is 60.2 Å². The molecule has 2 aliphatic heterocycles. The van der Waals surface area contributed by atoms with Gasteiger partial charge >= 0.3 is 0 Å². The van der Waals surface area contributed by atoms with E-state index in [1.807, 2.05) is 6.92 Å². The Hall–Kier alpha value is -0.160. The van der Waals surface area contributed by atoms with Gasteiger partial charge in [-0.3, -0.25) is 4.90 Å². The van der Waals surface area contributed by atoms with Crippen LogP contribution in [0.1, 0.15) is 26.2 Å². The zero-order chi connectivity index (χ0) is 11.6. The van der Waals surface area contributed by atoms with Crippen LogP contribution in [0, 0.1) is 5.41 Å². The first-order valence-electron chi connectivity index (χ1n) is 6.19. The van der Waals surface area contributed by atoms with Crippen LogP contribution in [0.4, 0.5) is 0 Å². The average Bonchev–Trinajstić information content (AvgIpc) is 2.65. The number of hydrogen-bond donors (Lipinski definition) is 2. The number of hydrogen-bond acceptors (Lipinski definition) is 4. The number of likely N-dealkylation sites (tertiary alicyclic amines) is 1. The summed E-state index contributed by atoms with van der Waals surface area (Å²) in [6, 6.07) is 0. The minimum atomic E-state index is -0.561. The van der Waals surface area contributed by atoms with Crippen LogP contribution < -0.4 is 0 Å². The van der Waals surface area contributed by atoms with Crippen LogP contribution in [0.2, 0.25) is 0 Å². The standard InChI is InChI=1S/C12H23NO3/c1-11(15)3-2-5-13(7-11)8-12(9-14)4-6-16-10-12/h14-15H,2-10H2,1H3. The molecule has 0 aliphatic carbocycles. The van der Waals surface area contributed by atoms with E-state index in [-0.39, 0.29) is 12.0 Å². The summed E-state index contributed by atoms with van der Waals surface area (Å²) in [5, 5.41) is 19.5. The quantitative estimate of drug-likeness (QED) is 0.727. The molecule has 2 N–H and O–H groups in total. The van der Waals surface area contributed by atoms with E-state index in [0.29, 0.717) is 6.61 Å². The molecule has 0 aromatic rings. The molecule has 0 aromatic heterocycles. The van der Waals surface area contributed by atoms with E-state index in [1.165, 1.54) is 0 Å². The molecule has 0 saturated carbocycles. The molecule has 2 rings (SSSR count). The molecule has 0 aromatic carbocycles. The molecule has 2 aliphatic rings. The van der Waals surface area contributed by atoms with Crippen molar-refractivity contribution in [3.63, 3.8) is 0 Å². The van der Waals surface area contributed by atoms with Gasteiger partial charge in [-0.25, -0.2) is 0 Å².